The van der Waals surface area contributed by atoms with E-state index in [-0.39, 0.29) is 11.3 Å². The van der Waals surface area contributed by atoms with Gasteiger partial charge in [0.2, 0.25) is 0 Å². The lowest BCUT2D eigenvalue weighted by atomic mass is 10.0. The maximum Gasteiger partial charge on any atom is 0.418 e. The number of carboxylic acids is 1. The van der Waals surface area contributed by atoms with Gasteiger partial charge in [-0.3, -0.25) is 4.79 Å². The minimum atomic E-state index is -4.47. The number of carbonyl (C=O) groups is 1. The molecule has 0 aromatic heterocycles. The molecule has 1 aromatic rings. The third-order valence-electron chi connectivity index (χ3n) is 3.42. The lowest BCUT2D eigenvalue weighted by molar-refractivity contribution is -0.138. The van der Waals surface area contributed by atoms with Crippen molar-refractivity contribution < 1.29 is 23.1 Å². The van der Waals surface area contributed by atoms with Gasteiger partial charge in [0.25, 0.3) is 0 Å². The average molecular weight is 287 g/mol. The number of benzene rings is 1. The summed E-state index contributed by atoms with van der Waals surface area (Å²) in [5.74, 6) is -1.14. The van der Waals surface area contributed by atoms with Crippen LogP contribution in [0.25, 0.3) is 0 Å². The van der Waals surface area contributed by atoms with Crippen molar-refractivity contribution in [2.24, 2.45) is 0 Å². The molecule has 0 saturated carbocycles. The van der Waals surface area contributed by atoms with Crippen molar-refractivity contribution in [3.05, 3.63) is 29.3 Å². The molecule has 1 saturated heterocycles. The Morgan fingerprint density at radius 3 is 2.40 bits per heavy atom. The Bertz CT molecular complexity index is 494. The third-order valence-corrected chi connectivity index (χ3v) is 3.42. The molecule has 0 radical (unpaired) electrons. The number of alkyl halides is 3. The molecule has 1 N–H and O–H groups in total. The first-order valence-corrected chi connectivity index (χ1v) is 6.55. The summed E-state index contributed by atoms with van der Waals surface area (Å²) >= 11 is 0. The first-order chi connectivity index (χ1) is 9.38. The Hall–Kier alpha value is -1.72. The molecular weight excluding hydrogens is 271 g/mol. The Morgan fingerprint density at radius 1 is 1.20 bits per heavy atom. The van der Waals surface area contributed by atoms with Crippen molar-refractivity contribution in [3.8, 4) is 0 Å². The van der Waals surface area contributed by atoms with Crippen LogP contribution >= 0.6 is 0 Å². The van der Waals surface area contributed by atoms with Gasteiger partial charge >= 0.3 is 12.1 Å². The minimum absolute atomic E-state index is 0.159. The molecule has 0 spiro atoms. The van der Waals surface area contributed by atoms with Gasteiger partial charge in [0.1, 0.15) is 0 Å². The summed E-state index contributed by atoms with van der Waals surface area (Å²) in [5.41, 5.74) is -0.407. The molecule has 1 aliphatic heterocycles. The first-order valence-electron chi connectivity index (χ1n) is 6.55. The Kier molecular flexibility index (Phi) is 4.20. The van der Waals surface area contributed by atoms with E-state index >= 15 is 0 Å². The predicted molar refractivity (Wildman–Crippen MR) is 68.8 cm³/mol. The Labute approximate surface area is 115 Å². The van der Waals surface area contributed by atoms with Gasteiger partial charge < -0.3 is 10.0 Å². The lowest BCUT2D eigenvalue weighted by Crippen LogP contribution is -2.31. The number of hydrogen-bond acceptors (Lipinski definition) is 2. The van der Waals surface area contributed by atoms with Gasteiger partial charge in [-0.1, -0.05) is 6.07 Å². The van der Waals surface area contributed by atoms with Crippen molar-refractivity contribution in [1.82, 2.24) is 0 Å². The number of halogens is 3. The van der Waals surface area contributed by atoms with Gasteiger partial charge in [-0.2, -0.15) is 13.2 Å². The molecule has 0 amide bonds. The highest BCUT2D eigenvalue weighted by atomic mass is 19.4. The normalized spacial score (nSPS) is 16.2. The zero-order valence-electron chi connectivity index (χ0n) is 10.9. The third kappa shape index (κ3) is 3.43. The van der Waals surface area contributed by atoms with Crippen LogP contribution in [0, 0.1) is 0 Å². The van der Waals surface area contributed by atoms with E-state index in [4.69, 9.17) is 5.11 Å². The minimum Gasteiger partial charge on any atom is -0.481 e. The van der Waals surface area contributed by atoms with E-state index in [2.05, 4.69) is 0 Å². The molecule has 2 rings (SSSR count). The molecule has 0 bridgehead atoms. The maximum absolute atomic E-state index is 13.1. The van der Waals surface area contributed by atoms with Crippen LogP contribution < -0.4 is 4.90 Å². The number of carboxylic acid groups (broad SMARTS) is 1. The van der Waals surface area contributed by atoms with E-state index in [1.54, 1.807) is 4.90 Å². The van der Waals surface area contributed by atoms with Crippen molar-refractivity contribution in [3.63, 3.8) is 0 Å². The summed E-state index contributed by atoms with van der Waals surface area (Å²) in [7, 11) is 0. The molecule has 0 atom stereocenters. The van der Waals surface area contributed by atoms with Gasteiger partial charge in [0.15, 0.2) is 0 Å². The quantitative estimate of drug-likeness (QED) is 0.927. The fraction of sp³-hybridized carbons (Fsp3) is 0.500. The monoisotopic (exact) mass is 287 g/mol. The topological polar surface area (TPSA) is 40.5 Å². The highest BCUT2D eigenvalue weighted by molar-refractivity contribution is 5.71. The van der Waals surface area contributed by atoms with Crippen LogP contribution in [0.4, 0.5) is 18.9 Å². The van der Waals surface area contributed by atoms with Crippen LogP contribution in [-0.2, 0) is 17.4 Å². The van der Waals surface area contributed by atoms with E-state index in [1.165, 1.54) is 12.1 Å². The fourth-order valence-corrected chi connectivity index (χ4v) is 2.51. The Balaban J connectivity index is 2.37. The number of anilines is 1. The number of nitrogens with zero attached hydrogens (tertiary/aromatic N) is 1. The molecule has 110 valence electrons. The van der Waals surface area contributed by atoms with Gasteiger partial charge in [-0.15, -0.1) is 0 Å². The number of piperidine rings is 1. The molecule has 1 fully saturated rings. The predicted octanol–water partition coefficient (Wildman–Crippen LogP) is 3.32. The van der Waals surface area contributed by atoms with Gasteiger partial charge in [0, 0.05) is 18.8 Å². The standard InChI is InChI=1S/C14H16F3NO2/c15-14(16,17)11-8-10(9-13(19)20)4-5-12(11)18-6-2-1-3-7-18/h4-5,8H,1-3,6-7,9H2,(H,19,20). The number of aliphatic carboxylic acids is 1. The van der Waals surface area contributed by atoms with Crippen LogP contribution in [-0.4, -0.2) is 24.2 Å². The largest absolute Gasteiger partial charge is 0.481 e. The SMILES string of the molecule is O=C(O)Cc1ccc(N2CCCCC2)c(C(F)(F)F)c1. The van der Waals surface area contributed by atoms with Crippen LogP contribution in [0.1, 0.15) is 30.4 Å². The highest BCUT2D eigenvalue weighted by Crippen LogP contribution is 2.38. The summed E-state index contributed by atoms with van der Waals surface area (Å²) in [6.45, 7) is 1.22. The molecule has 1 heterocycles. The van der Waals surface area contributed by atoms with E-state index < -0.39 is 24.1 Å². The van der Waals surface area contributed by atoms with Gasteiger partial charge in [0.05, 0.1) is 12.0 Å². The smallest absolute Gasteiger partial charge is 0.418 e. The molecule has 3 nitrogen and oxygen atoms in total. The van der Waals surface area contributed by atoms with Crippen molar-refractivity contribution in [2.45, 2.75) is 31.9 Å². The van der Waals surface area contributed by atoms with E-state index in [0.717, 1.165) is 25.3 Å². The van der Waals surface area contributed by atoms with Crippen LogP contribution in [0.3, 0.4) is 0 Å². The summed E-state index contributed by atoms with van der Waals surface area (Å²) in [6, 6.07) is 3.82. The molecule has 20 heavy (non-hydrogen) atoms. The van der Waals surface area contributed by atoms with Crippen LogP contribution in [0.5, 0.6) is 0 Å². The van der Waals surface area contributed by atoms with Gasteiger partial charge in [-0.05, 0) is 37.0 Å². The molecule has 0 unspecified atom stereocenters. The Morgan fingerprint density at radius 2 is 1.85 bits per heavy atom. The van der Waals surface area contributed by atoms with Crippen LogP contribution in [0.15, 0.2) is 18.2 Å². The zero-order chi connectivity index (χ0) is 14.8. The van der Waals surface area contributed by atoms with Crippen molar-refractivity contribution in [1.29, 1.82) is 0 Å². The first kappa shape index (κ1) is 14.7. The number of hydrogen-bond donors (Lipinski definition) is 1. The zero-order valence-corrected chi connectivity index (χ0v) is 10.9. The van der Waals surface area contributed by atoms with Crippen molar-refractivity contribution in [2.75, 3.05) is 18.0 Å². The molecule has 1 aromatic carbocycles. The molecule has 0 aliphatic carbocycles. The van der Waals surface area contributed by atoms with Gasteiger partial charge in [-0.25, -0.2) is 0 Å². The average Bonchev–Trinajstić information content (AvgIpc) is 2.38. The second-order valence-electron chi connectivity index (χ2n) is 4.97. The summed E-state index contributed by atoms with van der Waals surface area (Å²) in [5, 5.41) is 8.69. The maximum atomic E-state index is 13.1. The molecule has 1 aliphatic rings. The fourth-order valence-electron chi connectivity index (χ4n) is 2.51. The summed E-state index contributed by atoms with van der Waals surface area (Å²) in [6.07, 6.45) is -2.07. The van der Waals surface area contributed by atoms with Crippen LogP contribution in [0.2, 0.25) is 0 Å². The second kappa shape index (κ2) is 5.73. The highest BCUT2D eigenvalue weighted by Gasteiger charge is 2.35. The van der Waals surface area contributed by atoms with E-state index in [1.807, 2.05) is 0 Å². The van der Waals surface area contributed by atoms with E-state index in [9.17, 15) is 18.0 Å². The molecule has 6 heteroatoms. The number of rotatable bonds is 3. The summed E-state index contributed by atoms with van der Waals surface area (Å²) in [4.78, 5) is 12.4. The van der Waals surface area contributed by atoms with E-state index in [0.29, 0.717) is 13.1 Å². The van der Waals surface area contributed by atoms with Crippen molar-refractivity contribution >= 4 is 11.7 Å². The lowest BCUT2D eigenvalue weighted by Gasteiger charge is -2.31. The second-order valence-corrected chi connectivity index (χ2v) is 4.97. The summed E-state index contributed by atoms with van der Waals surface area (Å²) < 4.78 is 39.4. The molecular formula is C14H16F3NO2.